The molecule has 2 N–H and O–H groups in total. The highest BCUT2D eigenvalue weighted by Gasteiger charge is 2.14. The van der Waals surface area contributed by atoms with Crippen LogP contribution in [0.15, 0.2) is 102 Å². The van der Waals surface area contributed by atoms with Gasteiger partial charge in [0.1, 0.15) is 0 Å². The summed E-state index contributed by atoms with van der Waals surface area (Å²) in [6, 6.07) is 30.9. The quantitative estimate of drug-likeness (QED) is 0.351. The first-order valence-electron chi connectivity index (χ1n) is 10.5. The minimum absolute atomic E-state index is 0.260. The van der Waals surface area contributed by atoms with Crippen molar-refractivity contribution < 1.29 is 8.42 Å². The maximum absolute atomic E-state index is 12.9. The second kappa shape index (κ2) is 9.77. The standard InChI is InChI=1S/C26H26N2O2S/c29-31(30,26-16-15-23-12-4-5-13-24(23)19-26)28-25-14-6-10-22(18-25)20-27-17-7-11-21-8-2-1-3-9-21/h1-6,8-10,12-16,18-19,27-28H,7,11,17,20H2. The molecule has 0 fully saturated rings. The van der Waals surface area contributed by atoms with E-state index in [1.54, 1.807) is 18.2 Å². The second-order valence-corrected chi connectivity index (χ2v) is 9.26. The highest BCUT2D eigenvalue weighted by Crippen LogP contribution is 2.22. The number of hydrogen-bond acceptors (Lipinski definition) is 3. The van der Waals surface area contributed by atoms with Crippen molar-refractivity contribution in [2.24, 2.45) is 0 Å². The van der Waals surface area contributed by atoms with E-state index in [1.165, 1.54) is 5.56 Å². The van der Waals surface area contributed by atoms with E-state index in [0.29, 0.717) is 12.2 Å². The Hall–Kier alpha value is -3.15. The molecule has 4 nitrogen and oxygen atoms in total. The number of fused-ring (bicyclic) bond motifs is 1. The van der Waals surface area contributed by atoms with Crippen molar-refractivity contribution >= 4 is 26.5 Å². The van der Waals surface area contributed by atoms with Crippen molar-refractivity contribution in [2.75, 3.05) is 11.3 Å². The van der Waals surface area contributed by atoms with E-state index in [-0.39, 0.29) is 4.90 Å². The fourth-order valence-corrected chi connectivity index (χ4v) is 4.67. The molecule has 4 aromatic rings. The molecule has 31 heavy (non-hydrogen) atoms. The van der Waals surface area contributed by atoms with Gasteiger partial charge in [-0.05, 0) is 65.6 Å². The van der Waals surface area contributed by atoms with Crippen LogP contribution in [0.2, 0.25) is 0 Å². The molecule has 0 aliphatic heterocycles. The van der Waals surface area contributed by atoms with Gasteiger partial charge in [0.2, 0.25) is 0 Å². The molecule has 0 spiro atoms. The predicted molar refractivity (Wildman–Crippen MR) is 128 cm³/mol. The summed E-state index contributed by atoms with van der Waals surface area (Å²) in [7, 11) is -3.65. The Labute approximate surface area is 184 Å². The lowest BCUT2D eigenvalue weighted by atomic mass is 10.1. The minimum Gasteiger partial charge on any atom is -0.313 e. The van der Waals surface area contributed by atoms with Crippen LogP contribution in [0.3, 0.4) is 0 Å². The lowest BCUT2D eigenvalue weighted by Gasteiger charge is -2.11. The van der Waals surface area contributed by atoms with Gasteiger partial charge in [-0.25, -0.2) is 8.42 Å². The van der Waals surface area contributed by atoms with E-state index < -0.39 is 10.0 Å². The van der Waals surface area contributed by atoms with Crippen molar-refractivity contribution in [2.45, 2.75) is 24.3 Å². The molecule has 4 aromatic carbocycles. The van der Waals surface area contributed by atoms with Crippen LogP contribution in [0.5, 0.6) is 0 Å². The molecule has 158 valence electrons. The van der Waals surface area contributed by atoms with Gasteiger partial charge >= 0.3 is 0 Å². The minimum atomic E-state index is -3.65. The molecule has 0 radical (unpaired) electrons. The predicted octanol–water partition coefficient (Wildman–Crippen LogP) is 5.36. The summed E-state index contributed by atoms with van der Waals surface area (Å²) in [6.45, 7) is 1.60. The number of hydrogen-bond donors (Lipinski definition) is 2. The normalized spacial score (nSPS) is 11.5. The van der Waals surface area contributed by atoms with E-state index >= 15 is 0 Å². The number of nitrogens with one attached hydrogen (secondary N) is 2. The van der Waals surface area contributed by atoms with Crippen LogP contribution in [-0.4, -0.2) is 15.0 Å². The smallest absolute Gasteiger partial charge is 0.261 e. The largest absolute Gasteiger partial charge is 0.313 e. The molecule has 0 aliphatic rings. The highest BCUT2D eigenvalue weighted by molar-refractivity contribution is 7.92. The maximum Gasteiger partial charge on any atom is 0.261 e. The molecular formula is C26H26N2O2S. The Morgan fingerprint density at radius 1 is 0.677 bits per heavy atom. The van der Waals surface area contributed by atoms with Crippen molar-refractivity contribution in [3.63, 3.8) is 0 Å². The third kappa shape index (κ3) is 5.72. The van der Waals surface area contributed by atoms with E-state index in [4.69, 9.17) is 0 Å². The fraction of sp³-hybridized carbons (Fsp3) is 0.154. The topological polar surface area (TPSA) is 58.2 Å². The summed E-state index contributed by atoms with van der Waals surface area (Å²) >= 11 is 0. The van der Waals surface area contributed by atoms with Crippen molar-refractivity contribution in [3.05, 3.63) is 108 Å². The maximum atomic E-state index is 12.9. The Bertz CT molecular complexity index is 1250. The average molecular weight is 431 g/mol. The van der Waals surface area contributed by atoms with Gasteiger partial charge in [0, 0.05) is 12.2 Å². The van der Waals surface area contributed by atoms with Crippen LogP contribution in [0.25, 0.3) is 10.8 Å². The van der Waals surface area contributed by atoms with Crippen molar-refractivity contribution in [1.29, 1.82) is 0 Å². The first-order chi connectivity index (χ1) is 15.1. The van der Waals surface area contributed by atoms with Crippen LogP contribution < -0.4 is 10.0 Å². The summed E-state index contributed by atoms with van der Waals surface area (Å²) < 4.78 is 28.4. The fourth-order valence-electron chi connectivity index (χ4n) is 3.59. The molecule has 0 saturated heterocycles. The van der Waals surface area contributed by atoms with E-state index in [0.717, 1.165) is 35.7 Å². The van der Waals surface area contributed by atoms with Crippen LogP contribution in [0, 0.1) is 0 Å². The third-order valence-corrected chi connectivity index (χ3v) is 6.58. The number of benzene rings is 4. The van der Waals surface area contributed by atoms with Gasteiger partial charge in [0.15, 0.2) is 0 Å². The Morgan fingerprint density at radius 3 is 2.26 bits per heavy atom. The van der Waals surface area contributed by atoms with Crippen molar-refractivity contribution in [3.8, 4) is 0 Å². The van der Waals surface area contributed by atoms with Crippen LogP contribution in [-0.2, 0) is 23.0 Å². The van der Waals surface area contributed by atoms with Gasteiger partial charge in [-0.1, -0.05) is 72.8 Å². The zero-order chi connectivity index (χ0) is 21.5. The number of anilines is 1. The van der Waals surface area contributed by atoms with E-state index in [9.17, 15) is 8.42 Å². The van der Waals surface area contributed by atoms with Gasteiger partial charge in [0.25, 0.3) is 10.0 Å². The van der Waals surface area contributed by atoms with Crippen molar-refractivity contribution in [1.82, 2.24) is 5.32 Å². The summed E-state index contributed by atoms with van der Waals surface area (Å²) in [5.74, 6) is 0. The molecule has 0 amide bonds. The molecule has 4 rings (SSSR count). The molecule has 0 aliphatic carbocycles. The zero-order valence-electron chi connectivity index (χ0n) is 17.3. The second-order valence-electron chi connectivity index (χ2n) is 7.58. The molecule has 0 saturated carbocycles. The van der Waals surface area contributed by atoms with Gasteiger partial charge in [-0.15, -0.1) is 0 Å². The van der Waals surface area contributed by atoms with Crippen LogP contribution >= 0.6 is 0 Å². The Kier molecular flexibility index (Phi) is 6.65. The van der Waals surface area contributed by atoms with Gasteiger partial charge in [-0.3, -0.25) is 4.72 Å². The molecule has 0 atom stereocenters. The van der Waals surface area contributed by atoms with E-state index in [2.05, 4.69) is 34.3 Å². The lowest BCUT2D eigenvalue weighted by Crippen LogP contribution is -2.16. The monoisotopic (exact) mass is 430 g/mol. The molecule has 0 bridgehead atoms. The summed E-state index contributed by atoms with van der Waals surface area (Å²) in [4.78, 5) is 0.260. The number of aryl methyl sites for hydroxylation is 1. The first-order valence-corrected chi connectivity index (χ1v) is 11.9. The summed E-state index contributed by atoms with van der Waals surface area (Å²) in [6.07, 6.45) is 2.09. The highest BCUT2D eigenvalue weighted by atomic mass is 32.2. The molecule has 5 heteroatoms. The third-order valence-electron chi connectivity index (χ3n) is 5.20. The Balaban J connectivity index is 1.35. The SMILES string of the molecule is O=S(=O)(Nc1cccc(CNCCCc2ccccc2)c1)c1ccc2ccccc2c1. The lowest BCUT2D eigenvalue weighted by molar-refractivity contribution is 0.601. The number of sulfonamides is 1. The van der Waals surface area contributed by atoms with Crippen LogP contribution in [0.1, 0.15) is 17.5 Å². The molecule has 0 unspecified atom stereocenters. The van der Waals surface area contributed by atoms with Gasteiger partial charge in [0.05, 0.1) is 4.90 Å². The van der Waals surface area contributed by atoms with E-state index in [1.807, 2.05) is 54.6 Å². The van der Waals surface area contributed by atoms with Gasteiger partial charge in [-0.2, -0.15) is 0 Å². The molecule has 0 aromatic heterocycles. The summed E-state index contributed by atoms with van der Waals surface area (Å²) in [5, 5.41) is 5.35. The molecular weight excluding hydrogens is 404 g/mol. The first kappa shape index (κ1) is 21.1. The number of rotatable bonds is 9. The average Bonchev–Trinajstić information content (AvgIpc) is 2.79. The zero-order valence-corrected chi connectivity index (χ0v) is 18.1. The van der Waals surface area contributed by atoms with Gasteiger partial charge < -0.3 is 5.32 Å². The van der Waals surface area contributed by atoms with Crippen LogP contribution in [0.4, 0.5) is 5.69 Å². The molecule has 0 heterocycles. The summed E-state index contributed by atoms with van der Waals surface area (Å²) in [5.41, 5.74) is 2.95. The Morgan fingerprint density at radius 2 is 1.42 bits per heavy atom.